The molecule has 4 rings (SSSR count). The van der Waals surface area contributed by atoms with Gasteiger partial charge in [-0.15, -0.1) is 0 Å². The van der Waals surface area contributed by atoms with E-state index in [1.807, 2.05) is 13.8 Å². The van der Waals surface area contributed by atoms with Crippen molar-refractivity contribution < 1.29 is 23.8 Å². The molecule has 5 heteroatoms. The smallest absolute Gasteiger partial charge is 0.312 e. The van der Waals surface area contributed by atoms with Crippen molar-refractivity contribution in [3.8, 4) is 0 Å². The SMILES string of the molecule is CCOCOC(=O)C1C2CC(C1C(=O)OCC)C1C3CC(C(C)C3C)C21. The Hall–Kier alpha value is -1.10. The van der Waals surface area contributed by atoms with Gasteiger partial charge in [-0.3, -0.25) is 9.59 Å². The number of carbonyl (C=O) groups is 2. The molecule has 4 aliphatic rings. The van der Waals surface area contributed by atoms with Gasteiger partial charge in [-0.2, -0.15) is 0 Å². The molecule has 0 N–H and O–H groups in total. The van der Waals surface area contributed by atoms with Gasteiger partial charge in [0, 0.05) is 6.61 Å². The molecule has 0 radical (unpaired) electrons. The van der Waals surface area contributed by atoms with Gasteiger partial charge in [-0.1, -0.05) is 13.8 Å². The van der Waals surface area contributed by atoms with E-state index >= 15 is 0 Å². The number of rotatable bonds is 6. The summed E-state index contributed by atoms with van der Waals surface area (Å²) in [6.45, 7) is 9.31. The lowest BCUT2D eigenvalue weighted by Gasteiger charge is -2.45. The average molecular weight is 364 g/mol. The van der Waals surface area contributed by atoms with E-state index in [1.165, 1.54) is 6.42 Å². The second kappa shape index (κ2) is 6.81. The molecule has 4 bridgehead atoms. The number of hydrogen-bond acceptors (Lipinski definition) is 5. The van der Waals surface area contributed by atoms with Crippen LogP contribution in [0.25, 0.3) is 0 Å². The average Bonchev–Trinajstić information content (AvgIpc) is 3.33. The summed E-state index contributed by atoms with van der Waals surface area (Å²) in [5, 5.41) is 0. The zero-order valence-electron chi connectivity index (χ0n) is 16.4. The van der Waals surface area contributed by atoms with Gasteiger partial charge in [0.15, 0.2) is 6.79 Å². The standard InChI is InChI=1S/C21H32O5/c1-5-24-9-26-21(23)19-15-8-14(18(19)20(22)25-6-2)16-12-7-13(17(15)16)11(4)10(12)3/h10-19H,5-9H2,1-4H3. The van der Waals surface area contributed by atoms with Crippen LogP contribution in [0, 0.1) is 59.2 Å². The van der Waals surface area contributed by atoms with Crippen LogP contribution in [0.5, 0.6) is 0 Å². The van der Waals surface area contributed by atoms with Crippen molar-refractivity contribution in [1.29, 1.82) is 0 Å². The van der Waals surface area contributed by atoms with Crippen molar-refractivity contribution in [1.82, 2.24) is 0 Å². The van der Waals surface area contributed by atoms with Gasteiger partial charge in [0.25, 0.3) is 0 Å². The van der Waals surface area contributed by atoms with E-state index < -0.39 is 0 Å². The van der Waals surface area contributed by atoms with Crippen LogP contribution >= 0.6 is 0 Å². The second-order valence-electron chi connectivity index (χ2n) is 8.88. The minimum absolute atomic E-state index is 0.0215. The molecule has 0 spiro atoms. The van der Waals surface area contributed by atoms with Gasteiger partial charge in [0.05, 0.1) is 18.4 Å². The van der Waals surface area contributed by atoms with E-state index in [2.05, 4.69) is 13.8 Å². The Bertz CT molecular complexity index is 575. The van der Waals surface area contributed by atoms with Crippen LogP contribution in [0.4, 0.5) is 0 Å². The molecule has 0 saturated heterocycles. The lowest BCUT2D eigenvalue weighted by atomic mass is 9.59. The molecule has 0 amide bonds. The third-order valence-electron chi connectivity index (χ3n) is 8.32. The molecular weight excluding hydrogens is 332 g/mol. The first-order valence-corrected chi connectivity index (χ1v) is 10.4. The highest BCUT2D eigenvalue weighted by Crippen LogP contribution is 2.72. The highest BCUT2D eigenvalue weighted by atomic mass is 16.7. The van der Waals surface area contributed by atoms with Crippen molar-refractivity contribution in [3.05, 3.63) is 0 Å². The van der Waals surface area contributed by atoms with Crippen LogP contribution in [0.1, 0.15) is 40.5 Å². The van der Waals surface area contributed by atoms with E-state index in [-0.39, 0.29) is 36.5 Å². The summed E-state index contributed by atoms with van der Waals surface area (Å²) in [5.74, 6) is 3.51. The van der Waals surface area contributed by atoms with Crippen LogP contribution in [0.2, 0.25) is 0 Å². The van der Waals surface area contributed by atoms with Gasteiger partial charge in [-0.25, -0.2) is 0 Å². The van der Waals surface area contributed by atoms with E-state index in [4.69, 9.17) is 14.2 Å². The number of esters is 2. The second-order valence-corrected chi connectivity index (χ2v) is 8.88. The number of carbonyl (C=O) groups excluding carboxylic acids is 2. The summed E-state index contributed by atoms with van der Waals surface area (Å²) in [5.41, 5.74) is 0. The quantitative estimate of drug-likeness (QED) is 0.314. The third kappa shape index (κ3) is 2.45. The Morgan fingerprint density at radius 3 is 1.77 bits per heavy atom. The van der Waals surface area contributed by atoms with Crippen LogP contribution < -0.4 is 0 Å². The van der Waals surface area contributed by atoms with Crippen molar-refractivity contribution in [3.63, 3.8) is 0 Å². The van der Waals surface area contributed by atoms with E-state index in [0.29, 0.717) is 42.8 Å². The lowest BCUT2D eigenvalue weighted by Crippen LogP contribution is -2.47. The largest absolute Gasteiger partial charge is 0.466 e. The maximum absolute atomic E-state index is 12.9. The molecule has 0 aromatic heterocycles. The zero-order chi connectivity index (χ0) is 18.6. The lowest BCUT2D eigenvalue weighted by molar-refractivity contribution is -0.175. The molecule has 0 aromatic carbocycles. The molecule has 5 nitrogen and oxygen atoms in total. The first-order chi connectivity index (χ1) is 12.5. The third-order valence-corrected chi connectivity index (χ3v) is 8.32. The van der Waals surface area contributed by atoms with Crippen LogP contribution in [-0.2, 0) is 23.8 Å². The molecule has 4 aliphatic carbocycles. The first-order valence-electron chi connectivity index (χ1n) is 10.4. The fourth-order valence-electron chi connectivity index (χ4n) is 7.41. The maximum atomic E-state index is 12.9. The number of hydrogen-bond donors (Lipinski definition) is 0. The fraction of sp³-hybridized carbons (Fsp3) is 0.905. The summed E-state index contributed by atoms with van der Waals surface area (Å²) >= 11 is 0. The van der Waals surface area contributed by atoms with Crippen molar-refractivity contribution in [2.24, 2.45) is 59.2 Å². The van der Waals surface area contributed by atoms with Gasteiger partial charge in [0.1, 0.15) is 0 Å². The summed E-state index contributed by atoms with van der Waals surface area (Å²) in [7, 11) is 0. The molecular formula is C21H32O5. The summed E-state index contributed by atoms with van der Waals surface area (Å²) in [4.78, 5) is 25.6. The summed E-state index contributed by atoms with van der Waals surface area (Å²) in [6.07, 6.45) is 2.26. The number of ether oxygens (including phenoxy) is 3. The van der Waals surface area contributed by atoms with E-state index in [1.54, 1.807) is 0 Å². The first kappa shape index (κ1) is 18.3. The Kier molecular flexibility index (Phi) is 4.79. The van der Waals surface area contributed by atoms with Gasteiger partial charge in [-0.05, 0) is 74.0 Å². The molecule has 0 aliphatic heterocycles. The Morgan fingerprint density at radius 2 is 1.27 bits per heavy atom. The molecule has 4 saturated carbocycles. The van der Waals surface area contributed by atoms with Gasteiger partial charge >= 0.3 is 11.9 Å². The Morgan fingerprint density at radius 1 is 0.769 bits per heavy atom. The number of fused-ring (bicyclic) bond motifs is 9. The predicted molar refractivity (Wildman–Crippen MR) is 94.7 cm³/mol. The molecule has 10 atom stereocenters. The fourth-order valence-corrected chi connectivity index (χ4v) is 7.41. The summed E-state index contributed by atoms with van der Waals surface area (Å²) < 4.78 is 16.0. The highest BCUT2D eigenvalue weighted by molar-refractivity contribution is 5.84. The molecule has 0 heterocycles. The molecule has 0 aromatic rings. The molecule has 4 fully saturated rings. The van der Waals surface area contributed by atoms with Crippen LogP contribution in [0.3, 0.4) is 0 Å². The van der Waals surface area contributed by atoms with Gasteiger partial charge < -0.3 is 14.2 Å². The molecule has 26 heavy (non-hydrogen) atoms. The molecule has 146 valence electrons. The van der Waals surface area contributed by atoms with Gasteiger partial charge in [0.2, 0.25) is 0 Å². The topological polar surface area (TPSA) is 61.8 Å². The molecule has 10 unspecified atom stereocenters. The minimum Gasteiger partial charge on any atom is -0.466 e. The predicted octanol–water partition coefficient (Wildman–Crippen LogP) is 3.12. The maximum Gasteiger partial charge on any atom is 0.312 e. The monoisotopic (exact) mass is 364 g/mol. The van der Waals surface area contributed by atoms with Crippen molar-refractivity contribution >= 4 is 11.9 Å². The highest BCUT2D eigenvalue weighted by Gasteiger charge is 2.71. The Labute approximate surface area is 156 Å². The van der Waals surface area contributed by atoms with Crippen molar-refractivity contribution in [2.75, 3.05) is 20.0 Å². The normalized spacial score (nSPS) is 47.8. The summed E-state index contributed by atoms with van der Waals surface area (Å²) in [6, 6.07) is 0. The van der Waals surface area contributed by atoms with Crippen LogP contribution in [-0.4, -0.2) is 31.9 Å². The minimum atomic E-state index is -0.345. The van der Waals surface area contributed by atoms with Crippen molar-refractivity contribution in [2.45, 2.75) is 40.5 Å². The van der Waals surface area contributed by atoms with Crippen LogP contribution in [0.15, 0.2) is 0 Å². The van der Waals surface area contributed by atoms with E-state index in [9.17, 15) is 9.59 Å². The van der Waals surface area contributed by atoms with E-state index in [0.717, 1.165) is 18.3 Å². The Balaban J connectivity index is 1.59. The zero-order valence-corrected chi connectivity index (χ0v) is 16.4.